The standard InChI is InChI=1S/C58H102O6/c1-4-7-10-13-16-19-22-25-27-28-29-30-31-34-36-39-42-45-48-51-57(60)63-54-55(53-62-56(59)50-47-44-41-38-35-32-24-21-18-15-12-9-6-3)64-58(61)52-49-46-43-40-37-33-26-23-20-17-14-11-8-5-2/h7,10,16,19,25,27,32,35,41,44,55H,4-6,8-9,11-15,17-18,20-24,26,28-31,33-34,36-40,42-43,45-54H2,1-3H3/b10-7-,19-16-,27-25-,35-32-,44-41-. The van der Waals surface area contributed by atoms with E-state index in [9.17, 15) is 14.4 Å². The molecule has 1 atom stereocenters. The van der Waals surface area contributed by atoms with Gasteiger partial charge >= 0.3 is 17.9 Å². The minimum atomic E-state index is -0.796. The third-order valence-corrected chi connectivity index (χ3v) is 11.8. The summed E-state index contributed by atoms with van der Waals surface area (Å²) in [6.45, 7) is 6.48. The molecule has 0 aliphatic carbocycles. The third kappa shape index (κ3) is 50.1. The highest BCUT2D eigenvalue weighted by Gasteiger charge is 2.19. The average molecular weight is 895 g/mol. The second-order valence-corrected chi connectivity index (χ2v) is 18.1. The summed E-state index contributed by atoms with van der Waals surface area (Å²) in [4.78, 5) is 38.0. The van der Waals surface area contributed by atoms with Gasteiger partial charge in [0.2, 0.25) is 0 Å². The summed E-state index contributed by atoms with van der Waals surface area (Å²) in [5.41, 5.74) is 0. The van der Waals surface area contributed by atoms with Crippen molar-refractivity contribution in [2.24, 2.45) is 0 Å². The van der Waals surface area contributed by atoms with Crippen LogP contribution >= 0.6 is 0 Å². The predicted molar refractivity (Wildman–Crippen MR) is 275 cm³/mol. The minimum Gasteiger partial charge on any atom is -0.462 e. The zero-order valence-corrected chi connectivity index (χ0v) is 42.3. The number of hydrogen-bond donors (Lipinski definition) is 0. The summed E-state index contributed by atoms with van der Waals surface area (Å²) in [6, 6.07) is 0. The zero-order chi connectivity index (χ0) is 46.5. The Bertz CT molecular complexity index is 1170. The highest BCUT2D eigenvalue weighted by molar-refractivity contribution is 5.71. The van der Waals surface area contributed by atoms with Gasteiger partial charge in [-0.3, -0.25) is 14.4 Å². The lowest BCUT2D eigenvalue weighted by Gasteiger charge is -2.18. The Labute approximate surface area is 396 Å². The van der Waals surface area contributed by atoms with E-state index in [4.69, 9.17) is 14.2 Å². The fraction of sp³-hybridized carbons (Fsp3) is 0.776. The summed E-state index contributed by atoms with van der Waals surface area (Å²) < 4.78 is 16.8. The summed E-state index contributed by atoms with van der Waals surface area (Å²) >= 11 is 0. The topological polar surface area (TPSA) is 78.9 Å². The van der Waals surface area contributed by atoms with Gasteiger partial charge in [-0.25, -0.2) is 0 Å². The first kappa shape index (κ1) is 61.1. The van der Waals surface area contributed by atoms with Crippen LogP contribution < -0.4 is 0 Å². The number of allylic oxidation sites excluding steroid dienone is 10. The van der Waals surface area contributed by atoms with Gasteiger partial charge in [0.1, 0.15) is 13.2 Å². The summed E-state index contributed by atoms with van der Waals surface area (Å²) in [6.07, 6.45) is 65.0. The first-order valence-corrected chi connectivity index (χ1v) is 27.3. The Balaban J connectivity index is 4.39. The molecule has 0 rings (SSSR count). The van der Waals surface area contributed by atoms with Gasteiger partial charge in [0.05, 0.1) is 0 Å². The molecular weight excluding hydrogens is 793 g/mol. The monoisotopic (exact) mass is 895 g/mol. The summed E-state index contributed by atoms with van der Waals surface area (Å²) in [5, 5.41) is 0. The summed E-state index contributed by atoms with van der Waals surface area (Å²) in [7, 11) is 0. The minimum absolute atomic E-state index is 0.0919. The van der Waals surface area contributed by atoms with E-state index in [2.05, 4.69) is 75.5 Å². The molecule has 0 heterocycles. The van der Waals surface area contributed by atoms with Crippen molar-refractivity contribution < 1.29 is 28.6 Å². The summed E-state index contributed by atoms with van der Waals surface area (Å²) in [5.74, 6) is -0.959. The third-order valence-electron chi connectivity index (χ3n) is 11.8. The molecule has 0 saturated heterocycles. The van der Waals surface area contributed by atoms with E-state index in [1.165, 1.54) is 154 Å². The van der Waals surface area contributed by atoms with E-state index in [0.717, 1.165) is 70.6 Å². The van der Waals surface area contributed by atoms with Crippen molar-refractivity contribution in [2.45, 2.75) is 277 Å². The predicted octanol–water partition coefficient (Wildman–Crippen LogP) is 18.0. The van der Waals surface area contributed by atoms with Crippen molar-refractivity contribution in [1.29, 1.82) is 0 Å². The number of hydrogen-bond acceptors (Lipinski definition) is 6. The van der Waals surface area contributed by atoms with Gasteiger partial charge in [-0.1, -0.05) is 242 Å². The van der Waals surface area contributed by atoms with Crippen LogP contribution in [0.1, 0.15) is 271 Å². The molecular formula is C58H102O6. The maximum absolute atomic E-state index is 12.8. The molecule has 6 nitrogen and oxygen atoms in total. The van der Waals surface area contributed by atoms with Crippen LogP contribution in [0.3, 0.4) is 0 Å². The van der Waals surface area contributed by atoms with Crippen LogP contribution in [-0.2, 0) is 28.6 Å². The maximum Gasteiger partial charge on any atom is 0.306 e. The van der Waals surface area contributed by atoms with E-state index >= 15 is 0 Å². The Morgan fingerprint density at radius 3 is 1.05 bits per heavy atom. The Morgan fingerprint density at radius 2 is 0.641 bits per heavy atom. The molecule has 0 radical (unpaired) electrons. The van der Waals surface area contributed by atoms with Crippen LogP contribution in [0.15, 0.2) is 60.8 Å². The first-order chi connectivity index (χ1) is 31.5. The van der Waals surface area contributed by atoms with E-state index in [1.807, 2.05) is 6.08 Å². The second-order valence-electron chi connectivity index (χ2n) is 18.1. The van der Waals surface area contributed by atoms with Gasteiger partial charge in [0.25, 0.3) is 0 Å². The molecule has 0 aromatic rings. The molecule has 0 aliphatic heterocycles. The molecule has 0 aliphatic rings. The van der Waals surface area contributed by atoms with E-state index in [-0.39, 0.29) is 37.5 Å². The van der Waals surface area contributed by atoms with Crippen LogP contribution in [0.25, 0.3) is 0 Å². The fourth-order valence-electron chi connectivity index (χ4n) is 7.69. The zero-order valence-electron chi connectivity index (χ0n) is 42.3. The van der Waals surface area contributed by atoms with Crippen LogP contribution in [0, 0.1) is 0 Å². The number of rotatable bonds is 49. The smallest absolute Gasteiger partial charge is 0.306 e. The molecule has 0 bridgehead atoms. The normalized spacial score (nSPS) is 12.5. The number of unbranched alkanes of at least 4 members (excludes halogenated alkanes) is 28. The van der Waals surface area contributed by atoms with Gasteiger partial charge in [-0.05, 0) is 70.6 Å². The van der Waals surface area contributed by atoms with E-state index < -0.39 is 6.10 Å². The van der Waals surface area contributed by atoms with Crippen molar-refractivity contribution in [3.8, 4) is 0 Å². The van der Waals surface area contributed by atoms with Gasteiger partial charge in [0.15, 0.2) is 6.10 Å². The Kier molecular flexibility index (Phi) is 50.4. The van der Waals surface area contributed by atoms with Crippen LogP contribution in [0.4, 0.5) is 0 Å². The number of esters is 3. The van der Waals surface area contributed by atoms with Gasteiger partial charge in [0, 0.05) is 19.3 Å². The highest BCUT2D eigenvalue weighted by atomic mass is 16.6. The van der Waals surface area contributed by atoms with Crippen molar-refractivity contribution >= 4 is 17.9 Å². The molecule has 0 fully saturated rings. The largest absolute Gasteiger partial charge is 0.462 e. The second kappa shape index (κ2) is 52.7. The first-order valence-electron chi connectivity index (χ1n) is 27.3. The van der Waals surface area contributed by atoms with Crippen LogP contribution in [0.5, 0.6) is 0 Å². The lowest BCUT2D eigenvalue weighted by Crippen LogP contribution is -2.30. The van der Waals surface area contributed by atoms with Crippen LogP contribution in [-0.4, -0.2) is 37.2 Å². The highest BCUT2D eigenvalue weighted by Crippen LogP contribution is 2.15. The molecule has 0 aromatic heterocycles. The Morgan fingerprint density at radius 1 is 0.328 bits per heavy atom. The number of ether oxygens (including phenoxy) is 3. The Hall–Kier alpha value is -2.89. The fourth-order valence-corrected chi connectivity index (χ4v) is 7.69. The van der Waals surface area contributed by atoms with E-state index in [1.54, 1.807) is 0 Å². The van der Waals surface area contributed by atoms with Gasteiger partial charge in [-0.15, -0.1) is 0 Å². The molecule has 0 amide bonds. The average Bonchev–Trinajstić information content (AvgIpc) is 3.29. The van der Waals surface area contributed by atoms with Gasteiger partial charge < -0.3 is 14.2 Å². The molecule has 0 saturated carbocycles. The molecule has 370 valence electrons. The van der Waals surface area contributed by atoms with Crippen LogP contribution in [0.2, 0.25) is 0 Å². The molecule has 0 aromatic carbocycles. The van der Waals surface area contributed by atoms with E-state index in [0.29, 0.717) is 19.3 Å². The van der Waals surface area contributed by atoms with Crippen molar-refractivity contribution in [2.75, 3.05) is 13.2 Å². The maximum atomic E-state index is 12.8. The molecule has 6 heteroatoms. The number of carbonyl (C=O) groups is 3. The lowest BCUT2D eigenvalue weighted by atomic mass is 10.0. The number of carbonyl (C=O) groups excluding carboxylic acids is 3. The van der Waals surface area contributed by atoms with Gasteiger partial charge in [-0.2, -0.15) is 0 Å². The molecule has 0 spiro atoms. The van der Waals surface area contributed by atoms with Crippen molar-refractivity contribution in [3.05, 3.63) is 60.8 Å². The lowest BCUT2D eigenvalue weighted by molar-refractivity contribution is -0.166. The molecule has 1 unspecified atom stereocenters. The quantitative estimate of drug-likeness (QED) is 0.0262. The molecule has 0 N–H and O–H groups in total. The molecule has 64 heavy (non-hydrogen) atoms. The van der Waals surface area contributed by atoms with Crippen molar-refractivity contribution in [1.82, 2.24) is 0 Å². The SMILES string of the molecule is CC/C=C\C/C=C\C/C=C\CCCCCCCCCCCC(=O)OCC(COC(=O)CC/C=C\C/C=C\CCCCCCCC)OC(=O)CCCCCCCCCCCCCCCC. The van der Waals surface area contributed by atoms with Crippen molar-refractivity contribution in [3.63, 3.8) is 0 Å².